The lowest BCUT2D eigenvalue weighted by molar-refractivity contribution is -0.144. The van der Waals surface area contributed by atoms with Crippen LogP contribution >= 0.6 is 0 Å². The fraction of sp³-hybridized carbons (Fsp3) is 0.423. The predicted octanol–water partition coefficient (Wildman–Crippen LogP) is 3.63. The Kier molecular flexibility index (Phi) is 6.73. The highest BCUT2D eigenvalue weighted by molar-refractivity contribution is 6.10. The monoisotopic (exact) mass is 487 g/mol. The number of hydrogen-bond acceptors (Lipinski definition) is 4. The first-order valence-electron chi connectivity index (χ1n) is 11.6. The largest absolute Gasteiger partial charge is 0.416 e. The average Bonchev–Trinajstić information content (AvgIpc) is 3.08. The maximum atomic E-state index is 13.8. The summed E-state index contributed by atoms with van der Waals surface area (Å²) in [4.78, 5) is 44.8. The van der Waals surface area contributed by atoms with Gasteiger partial charge in [-0.25, -0.2) is 0 Å². The third-order valence-electron chi connectivity index (χ3n) is 7.01. The van der Waals surface area contributed by atoms with Gasteiger partial charge in [-0.2, -0.15) is 13.2 Å². The van der Waals surface area contributed by atoms with E-state index >= 15 is 0 Å². The molecule has 0 aliphatic carbocycles. The minimum atomic E-state index is -4.62. The molecule has 0 bridgehead atoms. The predicted molar refractivity (Wildman–Crippen MR) is 123 cm³/mol. The highest BCUT2D eigenvalue weighted by atomic mass is 19.4. The number of alkyl halides is 3. The topological polar surface area (TPSA) is 60.9 Å². The van der Waals surface area contributed by atoms with Crippen LogP contribution < -0.4 is 0 Å². The molecule has 0 spiro atoms. The molecule has 2 heterocycles. The van der Waals surface area contributed by atoms with Crippen LogP contribution in [0.2, 0.25) is 0 Å². The van der Waals surface area contributed by atoms with E-state index in [2.05, 4.69) is 4.90 Å². The van der Waals surface area contributed by atoms with Crippen LogP contribution in [0.3, 0.4) is 0 Å². The number of halogens is 3. The normalized spacial score (nSPS) is 23.7. The second kappa shape index (κ2) is 9.45. The Labute approximate surface area is 202 Å². The molecule has 0 unspecified atom stereocenters. The highest BCUT2D eigenvalue weighted by Crippen LogP contribution is 2.43. The van der Waals surface area contributed by atoms with Crippen molar-refractivity contribution in [3.8, 4) is 0 Å². The van der Waals surface area contributed by atoms with Gasteiger partial charge in [0.05, 0.1) is 17.0 Å². The van der Waals surface area contributed by atoms with Crippen molar-refractivity contribution in [3.63, 3.8) is 0 Å². The Morgan fingerprint density at radius 2 is 1.77 bits per heavy atom. The molecule has 2 saturated heterocycles. The lowest BCUT2D eigenvalue weighted by atomic mass is 9.75. The van der Waals surface area contributed by atoms with Crippen molar-refractivity contribution in [1.82, 2.24) is 14.7 Å². The highest BCUT2D eigenvalue weighted by Gasteiger charge is 2.54. The standard InChI is InChI=1S/C26H28F3N3O3/c1-3-31-22(33)15-25(24(31)35,19-10-7-11-20(14-19)26(27,28)29)16-23(34)32-13-12-30(2)17-21(32)18-8-5-4-6-9-18/h4-11,14,21H,3,12-13,15-17H2,1-2H3/t21-,25-/m1/s1. The van der Waals surface area contributed by atoms with Crippen LogP contribution in [0.25, 0.3) is 0 Å². The van der Waals surface area contributed by atoms with Crippen molar-refractivity contribution >= 4 is 17.7 Å². The van der Waals surface area contributed by atoms with Gasteiger partial charge in [-0.3, -0.25) is 19.3 Å². The van der Waals surface area contributed by atoms with E-state index in [1.54, 1.807) is 11.8 Å². The second-order valence-electron chi connectivity index (χ2n) is 9.23. The SMILES string of the molecule is CCN1C(=O)C[C@@](CC(=O)N2CCN(C)C[C@@H]2c2ccccc2)(c2cccc(C(F)(F)F)c2)C1=O. The van der Waals surface area contributed by atoms with E-state index in [0.29, 0.717) is 19.6 Å². The second-order valence-corrected chi connectivity index (χ2v) is 9.23. The third-order valence-corrected chi connectivity index (χ3v) is 7.01. The van der Waals surface area contributed by atoms with E-state index in [9.17, 15) is 27.6 Å². The molecule has 2 aromatic rings. The summed E-state index contributed by atoms with van der Waals surface area (Å²) in [7, 11) is 1.96. The van der Waals surface area contributed by atoms with Crippen molar-refractivity contribution in [2.45, 2.75) is 37.4 Å². The fourth-order valence-electron chi connectivity index (χ4n) is 5.12. The summed E-state index contributed by atoms with van der Waals surface area (Å²) >= 11 is 0. The van der Waals surface area contributed by atoms with Gasteiger partial charge in [0.15, 0.2) is 0 Å². The summed E-state index contributed by atoms with van der Waals surface area (Å²) in [6.45, 7) is 3.34. The van der Waals surface area contributed by atoms with E-state index in [0.717, 1.165) is 22.6 Å². The third kappa shape index (κ3) is 4.69. The molecule has 0 N–H and O–H groups in total. The zero-order chi connectivity index (χ0) is 25.4. The molecule has 2 aliphatic rings. The van der Waals surface area contributed by atoms with E-state index in [4.69, 9.17) is 0 Å². The van der Waals surface area contributed by atoms with Crippen LogP contribution in [-0.4, -0.2) is 65.6 Å². The van der Waals surface area contributed by atoms with E-state index in [-0.39, 0.29) is 36.9 Å². The number of piperazine rings is 1. The molecule has 186 valence electrons. The summed E-state index contributed by atoms with van der Waals surface area (Å²) in [5.41, 5.74) is -1.61. The Bertz CT molecular complexity index is 1120. The lowest BCUT2D eigenvalue weighted by Crippen LogP contribution is -2.51. The van der Waals surface area contributed by atoms with Crippen LogP contribution in [0.5, 0.6) is 0 Å². The number of hydrogen-bond donors (Lipinski definition) is 0. The first-order valence-corrected chi connectivity index (χ1v) is 11.6. The van der Waals surface area contributed by atoms with Gasteiger partial charge in [0.2, 0.25) is 17.7 Å². The van der Waals surface area contributed by atoms with Crippen molar-refractivity contribution in [3.05, 3.63) is 71.3 Å². The Balaban J connectivity index is 1.74. The van der Waals surface area contributed by atoms with Gasteiger partial charge >= 0.3 is 6.18 Å². The molecular weight excluding hydrogens is 459 g/mol. The number of benzene rings is 2. The minimum absolute atomic E-state index is 0.0420. The quantitative estimate of drug-likeness (QED) is 0.605. The summed E-state index contributed by atoms with van der Waals surface area (Å²) < 4.78 is 40.4. The van der Waals surface area contributed by atoms with Crippen LogP contribution in [0, 0.1) is 0 Å². The van der Waals surface area contributed by atoms with E-state index in [1.807, 2.05) is 37.4 Å². The molecule has 0 radical (unpaired) electrons. The number of nitrogens with zero attached hydrogens (tertiary/aromatic N) is 3. The van der Waals surface area contributed by atoms with Gasteiger partial charge < -0.3 is 9.80 Å². The molecule has 9 heteroatoms. The molecule has 0 aromatic heterocycles. The number of likely N-dealkylation sites (tertiary alicyclic amines) is 1. The Hall–Kier alpha value is -3.20. The van der Waals surface area contributed by atoms with Gasteiger partial charge in [0.1, 0.15) is 0 Å². The van der Waals surface area contributed by atoms with E-state index in [1.165, 1.54) is 12.1 Å². The lowest BCUT2D eigenvalue weighted by Gasteiger charge is -2.41. The zero-order valence-corrected chi connectivity index (χ0v) is 19.7. The van der Waals surface area contributed by atoms with Crippen molar-refractivity contribution in [2.24, 2.45) is 0 Å². The number of carbonyl (C=O) groups is 3. The summed E-state index contributed by atoms with van der Waals surface area (Å²) in [6, 6.07) is 13.7. The molecule has 2 fully saturated rings. The number of likely N-dealkylation sites (N-methyl/N-ethyl adjacent to an activating group) is 2. The van der Waals surface area contributed by atoms with Gasteiger partial charge in [0, 0.05) is 39.0 Å². The van der Waals surface area contributed by atoms with Crippen LogP contribution in [0.1, 0.15) is 42.5 Å². The summed E-state index contributed by atoms with van der Waals surface area (Å²) in [5, 5.41) is 0. The molecule has 35 heavy (non-hydrogen) atoms. The molecule has 2 aliphatic heterocycles. The molecule has 6 nitrogen and oxygen atoms in total. The maximum Gasteiger partial charge on any atom is 0.416 e. The molecule has 3 amide bonds. The number of amides is 3. The number of imide groups is 1. The van der Waals surface area contributed by atoms with Gasteiger partial charge in [-0.15, -0.1) is 0 Å². The Morgan fingerprint density at radius 3 is 2.40 bits per heavy atom. The zero-order valence-electron chi connectivity index (χ0n) is 19.7. The van der Waals surface area contributed by atoms with Gasteiger partial charge in [0.25, 0.3) is 0 Å². The fourth-order valence-corrected chi connectivity index (χ4v) is 5.12. The summed E-state index contributed by atoms with van der Waals surface area (Å²) in [5.74, 6) is -1.47. The van der Waals surface area contributed by atoms with Crippen molar-refractivity contribution in [1.29, 1.82) is 0 Å². The smallest absolute Gasteiger partial charge is 0.333 e. The first-order chi connectivity index (χ1) is 16.6. The van der Waals surface area contributed by atoms with Crippen molar-refractivity contribution < 1.29 is 27.6 Å². The van der Waals surface area contributed by atoms with Crippen molar-refractivity contribution in [2.75, 3.05) is 33.2 Å². The molecule has 0 saturated carbocycles. The Morgan fingerprint density at radius 1 is 1.06 bits per heavy atom. The molecular formula is C26H28F3N3O3. The van der Waals surface area contributed by atoms with Crippen LogP contribution in [0.4, 0.5) is 13.2 Å². The maximum absolute atomic E-state index is 13.8. The molecule has 2 aromatic carbocycles. The molecule has 2 atom stereocenters. The summed E-state index contributed by atoms with van der Waals surface area (Å²) in [6.07, 6.45) is -5.33. The minimum Gasteiger partial charge on any atom is -0.333 e. The first kappa shape index (κ1) is 24.9. The number of carbonyl (C=O) groups excluding carboxylic acids is 3. The molecule has 4 rings (SSSR count). The van der Waals surface area contributed by atoms with E-state index < -0.39 is 29.0 Å². The van der Waals surface area contributed by atoms with Crippen LogP contribution in [-0.2, 0) is 26.0 Å². The van der Waals surface area contributed by atoms with Crippen LogP contribution in [0.15, 0.2) is 54.6 Å². The average molecular weight is 488 g/mol. The van der Waals surface area contributed by atoms with Gasteiger partial charge in [-0.05, 0) is 31.2 Å². The van der Waals surface area contributed by atoms with Gasteiger partial charge in [-0.1, -0.05) is 48.5 Å². The number of rotatable bonds is 5.